The van der Waals surface area contributed by atoms with Crippen molar-refractivity contribution in [1.82, 2.24) is 0 Å². The van der Waals surface area contributed by atoms with E-state index in [4.69, 9.17) is 4.74 Å². The Kier molecular flexibility index (Phi) is 6.07. The van der Waals surface area contributed by atoms with Gasteiger partial charge in [0.05, 0.1) is 15.2 Å². The van der Waals surface area contributed by atoms with Gasteiger partial charge in [0.2, 0.25) is 0 Å². The molecule has 0 saturated carbocycles. The van der Waals surface area contributed by atoms with Crippen LogP contribution in [0.4, 0.5) is 13.2 Å². The largest absolute Gasteiger partial charge is 0.497 e. The van der Waals surface area contributed by atoms with E-state index in [0.29, 0.717) is 22.6 Å². The molecule has 5 heteroatoms. The molecule has 0 aliphatic heterocycles. The van der Waals surface area contributed by atoms with E-state index < -0.39 is 14.3 Å². The molecule has 0 N–H and O–H groups in total. The molecule has 0 aromatic heterocycles. The second kappa shape index (κ2) is 7.16. The fraction of sp³-hybridized carbons (Fsp3) is 0.500. The summed E-state index contributed by atoms with van der Waals surface area (Å²) in [5, 5.41) is 0.505. The third-order valence-electron chi connectivity index (χ3n) is 4.31. The van der Waals surface area contributed by atoms with Gasteiger partial charge in [-0.05, 0) is 22.9 Å². The minimum Gasteiger partial charge on any atom is -0.497 e. The van der Waals surface area contributed by atoms with Gasteiger partial charge in [0.25, 0.3) is 0 Å². The van der Waals surface area contributed by atoms with E-state index >= 15 is 0 Å². The summed E-state index contributed by atoms with van der Waals surface area (Å²) >= 11 is 0. The normalized spacial score (nSPS) is 13.4. The number of allylic oxidation sites excluding steroid dienone is 1. The lowest BCUT2D eigenvalue weighted by atomic mass is 10.2. The van der Waals surface area contributed by atoms with Gasteiger partial charge >= 0.3 is 6.18 Å². The van der Waals surface area contributed by atoms with Crippen LogP contribution in [0.2, 0.25) is 18.1 Å². The molecule has 0 fully saturated rings. The Balaban J connectivity index is 3.41. The van der Waals surface area contributed by atoms with E-state index in [2.05, 4.69) is 0 Å². The van der Waals surface area contributed by atoms with Gasteiger partial charge in [-0.1, -0.05) is 51.0 Å². The van der Waals surface area contributed by atoms with Crippen molar-refractivity contribution in [3.63, 3.8) is 0 Å². The molecule has 0 saturated heterocycles. The molecule has 1 nitrogen and oxygen atoms in total. The van der Waals surface area contributed by atoms with Crippen LogP contribution in [0.15, 0.2) is 30.3 Å². The van der Waals surface area contributed by atoms with Crippen LogP contribution in [0, 0.1) is 0 Å². The van der Waals surface area contributed by atoms with Crippen molar-refractivity contribution < 1.29 is 17.9 Å². The van der Waals surface area contributed by atoms with Crippen molar-refractivity contribution in [2.24, 2.45) is 0 Å². The van der Waals surface area contributed by atoms with Crippen LogP contribution in [-0.4, -0.2) is 21.4 Å². The first kappa shape index (κ1) is 17.8. The first-order valence-corrected chi connectivity index (χ1v) is 9.88. The zero-order valence-corrected chi connectivity index (χ0v) is 14.1. The molecule has 0 amide bonds. The van der Waals surface area contributed by atoms with Gasteiger partial charge in [-0.15, -0.1) is 0 Å². The highest BCUT2D eigenvalue weighted by atomic mass is 28.3. The maximum Gasteiger partial charge on any atom is 0.409 e. The average Bonchev–Trinajstić information content (AvgIpc) is 2.47. The van der Waals surface area contributed by atoms with Gasteiger partial charge in [0.15, 0.2) is 0 Å². The predicted molar refractivity (Wildman–Crippen MR) is 84.2 cm³/mol. The Bertz CT molecular complexity index is 465. The van der Waals surface area contributed by atoms with E-state index in [1.165, 1.54) is 0 Å². The zero-order chi connectivity index (χ0) is 16.1. The van der Waals surface area contributed by atoms with Crippen molar-refractivity contribution in [2.45, 2.75) is 45.1 Å². The monoisotopic (exact) mass is 316 g/mol. The summed E-state index contributed by atoms with van der Waals surface area (Å²) in [4.78, 5) is 0. The van der Waals surface area contributed by atoms with Crippen molar-refractivity contribution in [3.05, 3.63) is 35.9 Å². The molecule has 1 aromatic rings. The van der Waals surface area contributed by atoms with Gasteiger partial charge in [-0.25, -0.2) is 0 Å². The molecular formula is C16H23F3OSi. The number of hydrogen-bond acceptors (Lipinski definition) is 1. The molecule has 21 heavy (non-hydrogen) atoms. The van der Waals surface area contributed by atoms with E-state index in [0.717, 1.165) is 18.1 Å². The summed E-state index contributed by atoms with van der Waals surface area (Å²) in [7, 11) is -0.578. The van der Waals surface area contributed by atoms with Gasteiger partial charge in [0.1, 0.15) is 5.75 Å². The molecule has 0 bridgehead atoms. The van der Waals surface area contributed by atoms with Crippen LogP contribution in [0.1, 0.15) is 26.3 Å². The molecule has 0 aliphatic carbocycles. The Morgan fingerprint density at radius 3 is 1.86 bits per heavy atom. The highest BCUT2D eigenvalue weighted by Gasteiger charge is 2.36. The van der Waals surface area contributed by atoms with Crippen LogP contribution in [0.3, 0.4) is 0 Å². The first-order valence-electron chi connectivity index (χ1n) is 7.26. The summed E-state index contributed by atoms with van der Waals surface area (Å²) in [6, 6.07) is 9.35. The summed E-state index contributed by atoms with van der Waals surface area (Å²) in [6.07, 6.45) is -3.76. The molecule has 1 rings (SSSR count). The quantitative estimate of drug-likeness (QED) is 0.613. The number of methoxy groups -OCH3 is 1. The zero-order valence-electron chi connectivity index (χ0n) is 13.1. The van der Waals surface area contributed by atoms with Gasteiger partial charge in [-0.2, -0.15) is 13.2 Å². The predicted octanol–water partition coefficient (Wildman–Crippen LogP) is 5.69. The molecule has 0 spiro atoms. The van der Waals surface area contributed by atoms with Gasteiger partial charge in [-0.3, -0.25) is 0 Å². The summed E-state index contributed by atoms with van der Waals surface area (Å²) in [5.74, 6) is 0.655. The SMILES string of the molecule is CC[Si](CC)(CC)/C(=C/C(F)(F)F)c1ccc(OC)cc1. The van der Waals surface area contributed by atoms with Gasteiger partial charge in [0, 0.05) is 6.08 Å². The highest BCUT2D eigenvalue weighted by molar-refractivity contribution is 6.96. The fourth-order valence-electron chi connectivity index (χ4n) is 2.80. The minimum absolute atomic E-state index is 0.505. The fourth-order valence-corrected chi connectivity index (χ4v) is 6.69. The maximum atomic E-state index is 13.0. The summed E-state index contributed by atoms with van der Waals surface area (Å²) in [6.45, 7) is 6.02. The molecule has 0 atom stereocenters. The lowest BCUT2D eigenvalue weighted by Gasteiger charge is -2.32. The lowest BCUT2D eigenvalue weighted by molar-refractivity contribution is -0.0792. The van der Waals surface area contributed by atoms with E-state index in [1.54, 1.807) is 31.4 Å². The number of ether oxygens (including phenoxy) is 1. The average molecular weight is 316 g/mol. The smallest absolute Gasteiger partial charge is 0.409 e. The number of benzene rings is 1. The molecule has 0 radical (unpaired) electrons. The Hall–Kier alpha value is -1.23. The molecule has 0 unspecified atom stereocenters. The standard InChI is InChI=1S/C16H23F3OSi/c1-5-21(6-2,7-3)15(12-16(17,18)19)13-8-10-14(20-4)11-9-13/h8-12H,5-7H2,1-4H3/b15-12+. The molecular weight excluding hydrogens is 293 g/mol. The molecule has 1 aromatic carbocycles. The van der Waals surface area contributed by atoms with Crippen LogP contribution in [0.25, 0.3) is 5.20 Å². The van der Waals surface area contributed by atoms with Crippen molar-refractivity contribution >= 4 is 13.3 Å². The summed E-state index contributed by atoms with van der Waals surface area (Å²) in [5.41, 5.74) is 0.672. The summed E-state index contributed by atoms with van der Waals surface area (Å²) < 4.78 is 44.1. The number of halogens is 3. The van der Waals surface area contributed by atoms with Crippen LogP contribution in [-0.2, 0) is 0 Å². The van der Waals surface area contributed by atoms with Crippen LogP contribution >= 0.6 is 0 Å². The van der Waals surface area contributed by atoms with Crippen molar-refractivity contribution in [3.8, 4) is 5.75 Å². The van der Waals surface area contributed by atoms with Crippen LogP contribution < -0.4 is 4.74 Å². The Morgan fingerprint density at radius 2 is 1.52 bits per heavy atom. The van der Waals surface area contributed by atoms with E-state index in [1.807, 2.05) is 20.8 Å². The van der Waals surface area contributed by atoms with E-state index in [-0.39, 0.29) is 0 Å². The van der Waals surface area contributed by atoms with Gasteiger partial charge < -0.3 is 4.74 Å². The third-order valence-corrected chi connectivity index (χ3v) is 9.95. The Labute approximate surface area is 125 Å². The van der Waals surface area contributed by atoms with Crippen molar-refractivity contribution in [2.75, 3.05) is 7.11 Å². The second-order valence-corrected chi connectivity index (χ2v) is 10.4. The first-order chi connectivity index (χ1) is 9.81. The minimum atomic E-state index is -4.28. The second-order valence-electron chi connectivity index (χ2n) is 5.17. The Morgan fingerprint density at radius 1 is 1.05 bits per heavy atom. The lowest BCUT2D eigenvalue weighted by Crippen LogP contribution is -2.34. The highest BCUT2D eigenvalue weighted by Crippen LogP contribution is 2.38. The topological polar surface area (TPSA) is 9.23 Å². The van der Waals surface area contributed by atoms with Crippen LogP contribution in [0.5, 0.6) is 5.75 Å². The third kappa shape index (κ3) is 4.36. The number of rotatable bonds is 6. The maximum absolute atomic E-state index is 13.0. The number of alkyl halides is 3. The van der Waals surface area contributed by atoms with Crippen molar-refractivity contribution in [1.29, 1.82) is 0 Å². The molecule has 0 aliphatic rings. The molecule has 0 heterocycles. The number of hydrogen-bond donors (Lipinski definition) is 0. The molecule has 118 valence electrons. The van der Waals surface area contributed by atoms with E-state index in [9.17, 15) is 13.2 Å².